The maximum absolute atomic E-state index is 14.2. The Hall–Kier alpha value is -2.97. The van der Waals surface area contributed by atoms with Crippen molar-refractivity contribution in [2.24, 2.45) is 11.8 Å². The number of aromatic nitrogens is 1. The number of pyridine rings is 1. The van der Waals surface area contributed by atoms with Crippen molar-refractivity contribution in [2.75, 3.05) is 22.9 Å². The van der Waals surface area contributed by atoms with E-state index in [9.17, 15) is 27.2 Å². The molecule has 27 heavy (non-hydrogen) atoms. The van der Waals surface area contributed by atoms with Crippen molar-refractivity contribution < 1.29 is 27.2 Å². The molecule has 0 spiro atoms. The van der Waals surface area contributed by atoms with E-state index in [4.69, 9.17) is 0 Å². The lowest BCUT2D eigenvalue weighted by Crippen LogP contribution is -2.36. The predicted octanol–water partition coefficient (Wildman–Crippen LogP) is 2.87. The van der Waals surface area contributed by atoms with Crippen molar-refractivity contribution in [3.63, 3.8) is 0 Å². The van der Waals surface area contributed by atoms with Crippen molar-refractivity contribution in [1.82, 2.24) is 4.98 Å². The van der Waals surface area contributed by atoms with Gasteiger partial charge < -0.3 is 4.90 Å². The second-order valence-electron chi connectivity index (χ2n) is 6.49. The Labute approximate surface area is 151 Å². The first kappa shape index (κ1) is 17.4. The summed E-state index contributed by atoms with van der Waals surface area (Å²) in [5.41, 5.74) is -0.724. The normalized spacial score (nSPS) is 22.5. The molecule has 9 heteroatoms. The highest BCUT2D eigenvalue weighted by Gasteiger charge is 2.53. The van der Waals surface area contributed by atoms with Gasteiger partial charge in [-0.05, 0) is 18.2 Å². The fourth-order valence-corrected chi connectivity index (χ4v) is 3.57. The third-order valence-corrected chi connectivity index (χ3v) is 4.86. The van der Waals surface area contributed by atoms with E-state index in [0.29, 0.717) is 18.0 Å². The Kier molecular flexibility index (Phi) is 3.90. The van der Waals surface area contributed by atoms with Gasteiger partial charge in [-0.2, -0.15) is 13.2 Å². The molecule has 2 aliphatic heterocycles. The van der Waals surface area contributed by atoms with Crippen LogP contribution in [0, 0.1) is 17.7 Å². The highest BCUT2D eigenvalue weighted by Crippen LogP contribution is 2.39. The molecule has 0 radical (unpaired) electrons. The molecule has 140 valence electrons. The number of carbonyl (C=O) groups is 2. The van der Waals surface area contributed by atoms with Crippen molar-refractivity contribution in [3.8, 4) is 0 Å². The first-order chi connectivity index (χ1) is 12.8. The van der Waals surface area contributed by atoms with E-state index >= 15 is 0 Å². The molecule has 2 atom stereocenters. The molecule has 2 aromatic rings. The molecule has 2 fully saturated rings. The lowest BCUT2D eigenvalue weighted by atomic mass is 10.00. The van der Waals surface area contributed by atoms with Crippen LogP contribution >= 0.6 is 0 Å². The van der Waals surface area contributed by atoms with Gasteiger partial charge in [0.15, 0.2) is 11.6 Å². The Morgan fingerprint density at radius 2 is 1.59 bits per heavy atom. The zero-order chi connectivity index (χ0) is 19.3. The molecule has 5 nitrogen and oxygen atoms in total. The minimum atomic E-state index is -4.70. The van der Waals surface area contributed by atoms with Gasteiger partial charge in [-0.15, -0.1) is 0 Å². The highest BCUT2D eigenvalue weighted by molar-refractivity contribution is 6.22. The minimum Gasteiger partial charge on any atom is -0.353 e. The summed E-state index contributed by atoms with van der Waals surface area (Å²) < 4.78 is 52.1. The summed E-state index contributed by atoms with van der Waals surface area (Å²) in [7, 11) is 0. The lowest BCUT2D eigenvalue weighted by Gasteiger charge is -2.22. The molecule has 2 amide bonds. The van der Waals surface area contributed by atoms with Crippen LogP contribution in [0.15, 0.2) is 42.6 Å². The highest BCUT2D eigenvalue weighted by atomic mass is 19.4. The van der Waals surface area contributed by atoms with Crippen molar-refractivity contribution in [2.45, 2.75) is 6.18 Å². The number of anilines is 2. The number of nitrogens with zero attached hydrogens (tertiary/aromatic N) is 3. The van der Waals surface area contributed by atoms with Gasteiger partial charge in [-0.1, -0.05) is 18.2 Å². The monoisotopic (exact) mass is 379 g/mol. The summed E-state index contributed by atoms with van der Waals surface area (Å²) in [6.45, 7) is 0.0434. The van der Waals surface area contributed by atoms with E-state index in [0.717, 1.165) is 4.90 Å². The first-order valence-electron chi connectivity index (χ1n) is 8.18. The fourth-order valence-electron chi connectivity index (χ4n) is 3.57. The van der Waals surface area contributed by atoms with E-state index in [1.54, 1.807) is 30.3 Å². The molecule has 3 heterocycles. The van der Waals surface area contributed by atoms with Crippen LogP contribution < -0.4 is 9.80 Å². The number of carbonyl (C=O) groups excluding carboxylic acids is 2. The number of benzene rings is 1. The van der Waals surface area contributed by atoms with Gasteiger partial charge in [-0.3, -0.25) is 9.59 Å². The fraction of sp³-hybridized carbons (Fsp3) is 0.278. The minimum absolute atomic E-state index is 0.0217. The topological polar surface area (TPSA) is 53.5 Å². The van der Waals surface area contributed by atoms with Crippen LogP contribution in [0.4, 0.5) is 29.1 Å². The lowest BCUT2D eigenvalue weighted by molar-refractivity contribution is -0.138. The van der Waals surface area contributed by atoms with Gasteiger partial charge >= 0.3 is 6.18 Å². The van der Waals surface area contributed by atoms with E-state index in [1.807, 2.05) is 0 Å². The SMILES string of the molecule is O=C1C2CN(c3ncc(C(F)(F)F)cc3F)CC2C(=O)N1c1ccccc1. The summed E-state index contributed by atoms with van der Waals surface area (Å²) in [5, 5.41) is 0. The molecule has 2 unspecified atom stereocenters. The number of halogens is 4. The molecule has 1 aromatic carbocycles. The molecule has 2 saturated heterocycles. The molecule has 0 N–H and O–H groups in total. The van der Waals surface area contributed by atoms with Gasteiger partial charge in [0.25, 0.3) is 0 Å². The molecule has 4 rings (SSSR count). The molecule has 1 aromatic heterocycles. The van der Waals surface area contributed by atoms with Crippen LogP contribution in [0.3, 0.4) is 0 Å². The number of imide groups is 1. The average Bonchev–Trinajstić information content (AvgIpc) is 3.15. The molecule has 0 saturated carbocycles. The summed E-state index contributed by atoms with van der Waals surface area (Å²) in [5.74, 6) is -3.58. The maximum Gasteiger partial charge on any atom is 0.417 e. The van der Waals surface area contributed by atoms with Crippen LogP contribution in [0.1, 0.15) is 5.56 Å². The zero-order valence-corrected chi connectivity index (χ0v) is 13.8. The van der Waals surface area contributed by atoms with E-state index < -0.39 is 41.2 Å². The number of hydrogen-bond acceptors (Lipinski definition) is 4. The average molecular weight is 379 g/mol. The summed E-state index contributed by atoms with van der Waals surface area (Å²) in [6, 6.07) is 8.83. The number of amides is 2. The number of hydrogen-bond donors (Lipinski definition) is 0. The van der Waals surface area contributed by atoms with Gasteiger partial charge in [0.2, 0.25) is 11.8 Å². The Bertz CT molecular complexity index is 893. The van der Waals surface area contributed by atoms with Crippen LogP contribution in [0.2, 0.25) is 0 Å². The second kappa shape index (κ2) is 6.04. The van der Waals surface area contributed by atoms with Crippen molar-refractivity contribution in [1.29, 1.82) is 0 Å². The Morgan fingerprint density at radius 3 is 2.11 bits per heavy atom. The molecule has 0 bridgehead atoms. The number of fused-ring (bicyclic) bond motifs is 1. The standard InChI is InChI=1S/C18H13F4N3O2/c19-14-6-10(18(20,21)22)7-23-15(14)24-8-12-13(9-24)17(27)25(16(12)26)11-4-2-1-3-5-11/h1-7,12-13H,8-9H2. The quantitative estimate of drug-likeness (QED) is 0.595. The van der Waals surface area contributed by atoms with Gasteiger partial charge in [0, 0.05) is 19.3 Å². The Morgan fingerprint density at radius 1 is 1.00 bits per heavy atom. The van der Waals surface area contributed by atoms with E-state index in [1.165, 1.54) is 4.90 Å². The van der Waals surface area contributed by atoms with Crippen LogP contribution in [-0.2, 0) is 15.8 Å². The van der Waals surface area contributed by atoms with Crippen LogP contribution in [0.25, 0.3) is 0 Å². The first-order valence-corrected chi connectivity index (χ1v) is 8.18. The summed E-state index contributed by atoms with van der Waals surface area (Å²) in [6.07, 6.45) is -4.15. The molecule has 0 aliphatic carbocycles. The maximum atomic E-state index is 14.2. The van der Waals surface area contributed by atoms with Crippen LogP contribution in [0.5, 0.6) is 0 Å². The zero-order valence-electron chi connectivity index (χ0n) is 13.8. The van der Waals surface area contributed by atoms with Gasteiger partial charge in [0.1, 0.15) is 0 Å². The Balaban J connectivity index is 1.57. The van der Waals surface area contributed by atoms with Crippen molar-refractivity contribution in [3.05, 3.63) is 54.0 Å². The summed E-state index contributed by atoms with van der Waals surface area (Å²) in [4.78, 5) is 31.4. The second-order valence-corrected chi connectivity index (χ2v) is 6.49. The molecule has 2 aliphatic rings. The molecular weight excluding hydrogens is 366 g/mol. The number of alkyl halides is 3. The number of rotatable bonds is 2. The molecular formula is C18H13F4N3O2. The third kappa shape index (κ3) is 2.83. The summed E-state index contributed by atoms with van der Waals surface area (Å²) >= 11 is 0. The largest absolute Gasteiger partial charge is 0.417 e. The van der Waals surface area contributed by atoms with E-state index in [-0.39, 0.29) is 18.9 Å². The number of para-hydroxylation sites is 1. The van der Waals surface area contributed by atoms with E-state index in [2.05, 4.69) is 4.98 Å². The van der Waals surface area contributed by atoms with Gasteiger partial charge in [0.05, 0.1) is 23.1 Å². The third-order valence-electron chi connectivity index (χ3n) is 4.86. The smallest absolute Gasteiger partial charge is 0.353 e. The predicted molar refractivity (Wildman–Crippen MR) is 87.3 cm³/mol. The van der Waals surface area contributed by atoms with Crippen LogP contribution in [-0.4, -0.2) is 29.9 Å². The van der Waals surface area contributed by atoms with Gasteiger partial charge in [-0.25, -0.2) is 14.3 Å². The van der Waals surface area contributed by atoms with Crippen molar-refractivity contribution >= 4 is 23.3 Å².